The van der Waals surface area contributed by atoms with Crippen LogP contribution in [0, 0.1) is 0 Å². The molecule has 0 radical (unpaired) electrons. The van der Waals surface area contributed by atoms with Crippen molar-refractivity contribution >= 4 is 23.4 Å². The summed E-state index contributed by atoms with van der Waals surface area (Å²) in [6.45, 7) is 5.92. The molecule has 0 aliphatic rings. The lowest BCUT2D eigenvalue weighted by atomic mass is 10.2. The first kappa shape index (κ1) is 16.5. The minimum atomic E-state index is -0.626. The number of carbonyl (C=O) groups excluding carboxylic acids is 2. The summed E-state index contributed by atoms with van der Waals surface area (Å²) in [6, 6.07) is 7.19. The van der Waals surface area contributed by atoms with E-state index in [-0.39, 0.29) is 11.4 Å². The number of nitrogens with two attached hydrogens (primary N) is 1. The molecule has 1 aromatic carbocycles. The molecule has 7 heteroatoms. The van der Waals surface area contributed by atoms with Gasteiger partial charge in [-0.25, -0.2) is 4.79 Å². The van der Waals surface area contributed by atoms with E-state index in [2.05, 4.69) is 28.6 Å². The van der Waals surface area contributed by atoms with Crippen molar-refractivity contribution < 1.29 is 14.3 Å². The zero-order valence-electron chi connectivity index (χ0n) is 13.4. The Morgan fingerprint density at radius 2 is 1.83 bits per heavy atom. The second kappa shape index (κ2) is 6.95. The van der Waals surface area contributed by atoms with Gasteiger partial charge in [0, 0.05) is 24.3 Å². The molecule has 0 fully saturated rings. The number of ether oxygens (including phenoxy) is 1. The maximum absolute atomic E-state index is 12.5. The van der Waals surface area contributed by atoms with Crippen molar-refractivity contribution in [1.82, 2.24) is 9.78 Å². The van der Waals surface area contributed by atoms with E-state index in [1.807, 2.05) is 12.1 Å². The Hall–Kier alpha value is -2.83. The van der Waals surface area contributed by atoms with Gasteiger partial charge in [0.05, 0.1) is 13.3 Å². The average molecular weight is 316 g/mol. The highest BCUT2D eigenvalue weighted by Crippen LogP contribution is 2.18. The Balaban J connectivity index is 2.27. The largest absolute Gasteiger partial charge is 0.465 e. The number of benzene rings is 1. The molecule has 0 unspecified atom stereocenters. The highest BCUT2D eigenvalue weighted by atomic mass is 16.5. The summed E-state index contributed by atoms with van der Waals surface area (Å²) in [5, 5.41) is 3.88. The van der Waals surface area contributed by atoms with E-state index in [9.17, 15) is 9.59 Å². The molecule has 0 saturated carbocycles. The lowest BCUT2D eigenvalue weighted by Crippen LogP contribution is -2.22. The number of carbonyl (C=O) groups is 2. The van der Waals surface area contributed by atoms with Crippen LogP contribution in [0.3, 0.4) is 0 Å². The van der Waals surface area contributed by atoms with Crippen LogP contribution in [-0.2, 0) is 4.74 Å². The Kier molecular flexibility index (Phi) is 5.00. The van der Waals surface area contributed by atoms with Gasteiger partial charge in [-0.05, 0) is 38.1 Å². The molecule has 2 rings (SSSR count). The SMILES string of the molecule is CCN(CC)c1ccc(C(=O)n2ncc(C(=O)OC)c2N)cc1. The number of methoxy groups -OCH3 is 1. The van der Waals surface area contributed by atoms with Crippen LogP contribution in [0.2, 0.25) is 0 Å². The lowest BCUT2D eigenvalue weighted by Gasteiger charge is -2.21. The van der Waals surface area contributed by atoms with Crippen LogP contribution in [-0.4, -0.2) is 41.9 Å². The van der Waals surface area contributed by atoms with Crippen molar-refractivity contribution in [2.75, 3.05) is 30.8 Å². The van der Waals surface area contributed by atoms with Crippen molar-refractivity contribution in [3.05, 3.63) is 41.6 Å². The Bertz CT molecular complexity index is 703. The molecule has 1 aromatic heterocycles. The molecule has 2 aromatic rings. The van der Waals surface area contributed by atoms with Crippen LogP contribution in [0.15, 0.2) is 30.5 Å². The summed E-state index contributed by atoms with van der Waals surface area (Å²) in [7, 11) is 1.24. The summed E-state index contributed by atoms with van der Waals surface area (Å²) in [5.74, 6) is -1.06. The zero-order chi connectivity index (χ0) is 17.0. The summed E-state index contributed by atoms with van der Waals surface area (Å²) in [5.41, 5.74) is 7.35. The standard InChI is InChI=1S/C16H20N4O3/c1-4-19(5-2)12-8-6-11(7-9-12)15(21)20-14(17)13(10-18-20)16(22)23-3/h6-10H,4-5,17H2,1-3H3. The summed E-state index contributed by atoms with van der Waals surface area (Å²) in [6.07, 6.45) is 1.23. The van der Waals surface area contributed by atoms with E-state index in [0.29, 0.717) is 5.56 Å². The Morgan fingerprint density at radius 3 is 2.35 bits per heavy atom. The molecular formula is C16H20N4O3. The first-order valence-electron chi connectivity index (χ1n) is 7.35. The minimum absolute atomic E-state index is 0.0327. The molecule has 0 amide bonds. The molecule has 23 heavy (non-hydrogen) atoms. The summed E-state index contributed by atoms with van der Waals surface area (Å²) >= 11 is 0. The third kappa shape index (κ3) is 3.18. The molecule has 0 spiro atoms. The molecule has 1 heterocycles. The van der Waals surface area contributed by atoms with Crippen molar-refractivity contribution in [1.29, 1.82) is 0 Å². The predicted octanol–water partition coefficient (Wildman–Crippen LogP) is 1.79. The molecule has 2 N–H and O–H groups in total. The van der Waals surface area contributed by atoms with Gasteiger partial charge in [-0.15, -0.1) is 0 Å². The molecule has 0 bridgehead atoms. The quantitative estimate of drug-likeness (QED) is 0.846. The van der Waals surface area contributed by atoms with Crippen LogP contribution in [0.4, 0.5) is 11.5 Å². The number of rotatable bonds is 5. The molecule has 122 valence electrons. The van der Waals surface area contributed by atoms with Gasteiger partial charge in [0.2, 0.25) is 0 Å². The maximum atomic E-state index is 12.5. The Morgan fingerprint density at radius 1 is 1.22 bits per heavy atom. The van der Waals surface area contributed by atoms with Crippen LogP contribution < -0.4 is 10.6 Å². The van der Waals surface area contributed by atoms with Crippen LogP contribution >= 0.6 is 0 Å². The third-order valence-corrected chi connectivity index (χ3v) is 3.65. The van der Waals surface area contributed by atoms with E-state index in [1.165, 1.54) is 13.3 Å². The molecule has 0 aliphatic carbocycles. The molecule has 0 aliphatic heterocycles. The molecule has 0 saturated heterocycles. The van der Waals surface area contributed by atoms with Gasteiger partial charge in [0.1, 0.15) is 11.4 Å². The number of hydrogen-bond acceptors (Lipinski definition) is 6. The number of anilines is 2. The molecule has 0 atom stereocenters. The van der Waals surface area contributed by atoms with Gasteiger partial charge < -0.3 is 15.4 Å². The average Bonchev–Trinajstić information content (AvgIpc) is 2.97. The highest BCUT2D eigenvalue weighted by molar-refractivity contribution is 6.01. The number of esters is 1. The van der Waals surface area contributed by atoms with Crippen molar-refractivity contribution in [2.24, 2.45) is 0 Å². The van der Waals surface area contributed by atoms with Gasteiger partial charge >= 0.3 is 5.97 Å². The lowest BCUT2D eigenvalue weighted by molar-refractivity contribution is 0.0602. The number of aromatic nitrogens is 2. The van der Waals surface area contributed by atoms with Crippen LogP contribution in [0.1, 0.15) is 34.6 Å². The van der Waals surface area contributed by atoms with E-state index in [1.54, 1.807) is 12.1 Å². The maximum Gasteiger partial charge on any atom is 0.343 e. The van der Waals surface area contributed by atoms with Crippen molar-refractivity contribution in [3.8, 4) is 0 Å². The normalized spacial score (nSPS) is 10.4. The van der Waals surface area contributed by atoms with Gasteiger partial charge in [0.15, 0.2) is 0 Å². The van der Waals surface area contributed by atoms with Gasteiger partial charge in [0.25, 0.3) is 5.91 Å². The first-order valence-corrected chi connectivity index (χ1v) is 7.35. The fourth-order valence-electron chi connectivity index (χ4n) is 2.31. The first-order chi connectivity index (χ1) is 11.0. The van der Waals surface area contributed by atoms with Gasteiger partial charge in [-0.1, -0.05) is 0 Å². The third-order valence-electron chi connectivity index (χ3n) is 3.65. The smallest absolute Gasteiger partial charge is 0.343 e. The van der Waals surface area contributed by atoms with Gasteiger partial charge in [-0.2, -0.15) is 9.78 Å². The zero-order valence-corrected chi connectivity index (χ0v) is 13.4. The van der Waals surface area contributed by atoms with Crippen LogP contribution in [0.5, 0.6) is 0 Å². The molecule has 7 nitrogen and oxygen atoms in total. The second-order valence-corrected chi connectivity index (χ2v) is 4.87. The topological polar surface area (TPSA) is 90.5 Å². The number of nitrogens with zero attached hydrogens (tertiary/aromatic N) is 3. The van der Waals surface area contributed by atoms with E-state index < -0.39 is 11.9 Å². The van der Waals surface area contributed by atoms with Crippen molar-refractivity contribution in [2.45, 2.75) is 13.8 Å². The monoisotopic (exact) mass is 316 g/mol. The summed E-state index contributed by atoms with van der Waals surface area (Å²) < 4.78 is 5.59. The van der Waals surface area contributed by atoms with E-state index in [0.717, 1.165) is 23.5 Å². The second-order valence-electron chi connectivity index (χ2n) is 4.87. The highest BCUT2D eigenvalue weighted by Gasteiger charge is 2.20. The van der Waals surface area contributed by atoms with E-state index in [4.69, 9.17) is 5.73 Å². The summed E-state index contributed by atoms with van der Waals surface area (Å²) in [4.78, 5) is 26.2. The molecular weight excluding hydrogens is 296 g/mol. The van der Waals surface area contributed by atoms with E-state index >= 15 is 0 Å². The predicted molar refractivity (Wildman–Crippen MR) is 87.7 cm³/mol. The Labute approximate surface area is 134 Å². The fraction of sp³-hybridized carbons (Fsp3) is 0.312. The van der Waals surface area contributed by atoms with Gasteiger partial charge in [-0.3, -0.25) is 4.79 Å². The van der Waals surface area contributed by atoms with Crippen molar-refractivity contribution in [3.63, 3.8) is 0 Å². The number of hydrogen-bond donors (Lipinski definition) is 1. The number of nitrogen functional groups attached to an aromatic ring is 1. The minimum Gasteiger partial charge on any atom is -0.465 e. The fourth-order valence-corrected chi connectivity index (χ4v) is 2.31. The van der Waals surface area contributed by atoms with Crippen LogP contribution in [0.25, 0.3) is 0 Å².